The monoisotopic (exact) mass is 252 g/mol. The van der Waals surface area contributed by atoms with Crippen molar-refractivity contribution in [2.24, 2.45) is 0 Å². The fourth-order valence-electron chi connectivity index (χ4n) is 2.11. The van der Waals surface area contributed by atoms with E-state index in [4.69, 9.17) is 0 Å². The van der Waals surface area contributed by atoms with Gasteiger partial charge in [-0.3, -0.25) is 9.67 Å². The summed E-state index contributed by atoms with van der Waals surface area (Å²) in [5.41, 5.74) is 2.25. The average molecular weight is 252 g/mol. The molecule has 0 fully saturated rings. The van der Waals surface area contributed by atoms with Crippen molar-refractivity contribution in [1.29, 1.82) is 0 Å². The van der Waals surface area contributed by atoms with Crippen LogP contribution < -0.4 is 5.32 Å². The molecule has 0 spiro atoms. The van der Waals surface area contributed by atoms with E-state index in [0.717, 1.165) is 25.3 Å². The summed E-state index contributed by atoms with van der Waals surface area (Å²) in [7, 11) is 0. The lowest BCUT2D eigenvalue weighted by Crippen LogP contribution is -2.20. The first-order valence-electron chi connectivity index (χ1n) is 6.45. The predicted molar refractivity (Wildman–Crippen MR) is 75.7 cm³/mol. The Morgan fingerprint density at radius 1 is 1.05 bits per heavy atom. The Bertz CT molecular complexity index is 645. The maximum absolute atomic E-state index is 4.40. The molecule has 19 heavy (non-hydrogen) atoms. The Labute approximate surface area is 112 Å². The van der Waals surface area contributed by atoms with Gasteiger partial charge in [-0.1, -0.05) is 24.3 Å². The quantitative estimate of drug-likeness (QED) is 0.708. The van der Waals surface area contributed by atoms with Gasteiger partial charge in [-0.2, -0.15) is 5.10 Å². The molecule has 0 bridgehead atoms. The fourth-order valence-corrected chi connectivity index (χ4v) is 2.11. The molecule has 0 unspecified atom stereocenters. The summed E-state index contributed by atoms with van der Waals surface area (Å²) in [5.74, 6) is 0. The maximum atomic E-state index is 4.40. The van der Waals surface area contributed by atoms with Gasteiger partial charge >= 0.3 is 0 Å². The third kappa shape index (κ3) is 2.80. The summed E-state index contributed by atoms with van der Waals surface area (Å²) in [6, 6.07) is 14.2. The van der Waals surface area contributed by atoms with Crippen LogP contribution in [0.5, 0.6) is 0 Å². The zero-order valence-corrected chi connectivity index (χ0v) is 10.7. The molecule has 0 aliphatic carbocycles. The number of aromatic nitrogens is 3. The average Bonchev–Trinajstić information content (AvgIpc) is 2.88. The van der Waals surface area contributed by atoms with E-state index >= 15 is 0 Å². The highest BCUT2D eigenvalue weighted by Gasteiger charge is 2.00. The standard InChI is InChI=1S/C15H16N4/c1-2-7-15-13(5-1)11-18-19(15)10-9-16-12-14-6-3-4-8-17-14/h1-8,11,16H,9-10,12H2. The molecule has 0 amide bonds. The minimum Gasteiger partial charge on any atom is -0.309 e. The predicted octanol–water partition coefficient (Wildman–Crippen LogP) is 2.22. The van der Waals surface area contributed by atoms with E-state index in [1.807, 2.05) is 47.4 Å². The van der Waals surface area contributed by atoms with Crippen molar-refractivity contribution in [3.8, 4) is 0 Å². The van der Waals surface area contributed by atoms with Crippen molar-refractivity contribution >= 4 is 10.9 Å². The highest BCUT2D eigenvalue weighted by atomic mass is 15.3. The molecule has 0 aliphatic heterocycles. The lowest BCUT2D eigenvalue weighted by atomic mass is 10.2. The summed E-state index contributed by atoms with van der Waals surface area (Å²) in [5, 5.41) is 8.97. The molecule has 4 nitrogen and oxygen atoms in total. The molecule has 0 atom stereocenters. The first-order chi connectivity index (χ1) is 9.43. The Kier molecular flexibility index (Phi) is 3.51. The minimum atomic E-state index is 0.792. The van der Waals surface area contributed by atoms with Crippen LogP contribution in [0.3, 0.4) is 0 Å². The van der Waals surface area contributed by atoms with Gasteiger partial charge < -0.3 is 5.32 Å². The molecule has 3 rings (SSSR count). The molecule has 0 aliphatic rings. The zero-order chi connectivity index (χ0) is 12.9. The van der Waals surface area contributed by atoms with Crippen LogP contribution in [-0.4, -0.2) is 21.3 Å². The molecule has 96 valence electrons. The molecule has 0 radical (unpaired) electrons. The van der Waals surface area contributed by atoms with E-state index in [9.17, 15) is 0 Å². The summed E-state index contributed by atoms with van der Waals surface area (Å²) in [6.07, 6.45) is 3.73. The molecule has 0 saturated heterocycles. The van der Waals surface area contributed by atoms with Gasteiger partial charge in [-0.05, 0) is 18.2 Å². The molecular weight excluding hydrogens is 236 g/mol. The Balaban J connectivity index is 1.55. The van der Waals surface area contributed by atoms with Crippen molar-refractivity contribution in [3.05, 3.63) is 60.6 Å². The minimum absolute atomic E-state index is 0.792. The zero-order valence-electron chi connectivity index (χ0n) is 10.7. The van der Waals surface area contributed by atoms with Crippen LogP contribution in [0.1, 0.15) is 5.69 Å². The number of hydrogen-bond donors (Lipinski definition) is 1. The first-order valence-corrected chi connectivity index (χ1v) is 6.45. The van der Waals surface area contributed by atoms with Crippen molar-refractivity contribution in [2.75, 3.05) is 6.54 Å². The normalized spacial score (nSPS) is 10.9. The molecule has 1 N–H and O–H groups in total. The van der Waals surface area contributed by atoms with Crippen molar-refractivity contribution in [1.82, 2.24) is 20.1 Å². The van der Waals surface area contributed by atoms with Gasteiger partial charge in [0.05, 0.1) is 24.0 Å². The van der Waals surface area contributed by atoms with Gasteiger partial charge in [0, 0.05) is 24.7 Å². The highest BCUT2D eigenvalue weighted by Crippen LogP contribution is 2.11. The van der Waals surface area contributed by atoms with Gasteiger partial charge in [0.1, 0.15) is 0 Å². The molecule has 2 heterocycles. The Morgan fingerprint density at radius 2 is 1.95 bits per heavy atom. The van der Waals surface area contributed by atoms with E-state index in [-0.39, 0.29) is 0 Å². The van der Waals surface area contributed by atoms with Crippen molar-refractivity contribution in [2.45, 2.75) is 13.1 Å². The number of pyridine rings is 1. The summed E-state index contributed by atoms with van der Waals surface area (Å²) in [4.78, 5) is 4.28. The van der Waals surface area contributed by atoms with Gasteiger partial charge in [0.2, 0.25) is 0 Å². The van der Waals surface area contributed by atoms with Crippen LogP contribution in [0.15, 0.2) is 54.9 Å². The molecule has 0 saturated carbocycles. The second-order valence-corrected chi connectivity index (χ2v) is 4.42. The van der Waals surface area contributed by atoms with E-state index in [1.54, 1.807) is 0 Å². The SMILES string of the molecule is c1ccc(CNCCn2ncc3ccccc32)nc1. The lowest BCUT2D eigenvalue weighted by molar-refractivity contribution is 0.564. The van der Waals surface area contributed by atoms with Crippen LogP contribution in [0.2, 0.25) is 0 Å². The van der Waals surface area contributed by atoms with E-state index in [1.165, 1.54) is 10.9 Å². The smallest absolute Gasteiger partial charge is 0.0682 e. The number of nitrogens with one attached hydrogen (secondary N) is 1. The molecule has 4 heteroatoms. The summed E-state index contributed by atoms with van der Waals surface area (Å²) in [6.45, 7) is 2.53. The van der Waals surface area contributed by atoms with Gasteiger partial charge in [-0.25, -0.2) is 0 Å². The van der Waals surface area contributed by atoms with Crippen LogP contribution >= 0.6 is 0 Å². The lowest BCUT2D eigenvalue weighted by Gasteiger charge is -2.05. The number of benzene rings is 1. The Morgan fingerprint density at radius 3 is 2.84 bits per heavy atom. The number of rotatable bonds is 5. The van der Waals surface area contributed by atoms with E-state index in [0.29, 0.717) is 0 Å². The van der Waals surface area contributed by atoms with E-state index in [2.05, 4.69) is 27.5 Å². The second-order valence-electron chi connectivity index (χ2n) is 4.42. The topological polar surface area (TPSA) is 42.7 Å². The molecular formula is C15H16N4. The highest BCUT2D eigenvalue weighted by molar-refractivity contribution is 5.78. The number of hydrogen-bond acceptors (Lipinski definition) is 3. The molecule has 2 aromatic heterocycles. The van der Waals surface area contributed by atoms with Crippen LogP contribution in [-0.2, 0) is 13.1 Å². The summed E-state index contributed by atoms with van der Waals surface area (Å²) >= 11 is 0. The number of nitrogens with zero attached hydrogens (tertiary/aromatic N) is 3. The third-order valence-corrected chi connectivity index (χ3v) is 3.08. The summed E-state index contributed by atoms with van der Waals surface area (Å²) < 4.78 is 2.03. The largest absolute Gasteiger partial charge is 0.309 e. The molecule has 1 aromatic carbocycles. The first kappa shape index (κ1) is 11.9. The van der Waals surface area contributed by atoms with Crippen molar-refractivity contribution in [3.63, 3.8) is 0 Å². The molecule has 3 aromatic rings. The van der Waals surface area contributed by atoms with Gasteiger partial charge in [-0.15, -0.1) is 0 Å². The van der Waals surface area contributed by atoms with Gasteiger partial charge in [0.25, 0.3) is 0 Å². The van der Waals surface area contributed by atoms with Crippen LogP contribution in [0, 0.1) is 0 Å². The van der Waals surface area contributed by atoms with Crippen LogP contribution in [0.25, 0.3) is 10.9 Å². The van der Waals surface area contributed by atoms with E-state index < -0.39 is 0 Å². The second kappa shape index (κ2) is 5.63. The van der Waals surface area contributed by atoms with Crippen molar-refractivity contribution < 1.29 is 0 Å². The van der Waals surface area contributed by atoms with Crippen LogP contribution in [0.4, 0.5) is 0 Å². The maximum Gasteiger partial charge on any atom is 0.0682 e. The third-order valence-electron chi connectivity index (χ3n) is 3.08. The Hall–Kier alpha value is -2.20. The number of para-hydroxylation sites is 1. The fraction of sp³-hybridized carbons (Fsp3) is 0.200. The number of fused-ring (bicyclic) bond motifs is 1. The van der Waals surface area contributed by atoms with Gasteiger partial charge in [0.15, 0.2) is 0 Å².